The molecule has 0 unspecified atom stereocenters. The lowest BCUT2D eigenvalue weighted by Gasteiger charge is -2.22. The van der Waals surface area contributed by atoms with Gasteiger partial charge in [-0.3, -0.25) is 9.59 Å². The highest BCUT2D eigenvalue weighted by Gasteiger charge is 2.21. The average Bonchev–Trinajstić information content (AvgIpc) is 2.73. The van der Waals surface area contributed by atoms with Gasteiger partial charge in [0.25, 0.3) is 11.5 Å². The molecule has 0 spiro atoms. The van der Waals surface area contributed by atoms with E-state index in [0.29, 0.717) is 23.9 Å². The molecular weight excluding hydrogens is 354 g/mol. The summed E-state index contributed by atoms with van der Waals surface area (Å²) in [7, 11) is 0. The van der Waals surface area contributed by atoms with Crippen LogP contribution in [-0.4, -0.2) is 45.4 Å². The van der Waals surface area contributed by atoms with Crippen LogP contribution >= 0.6 is 0 Å². The van der Waals surface area contributed by atoms with Crippen molar-refractivity contribution in [3.8, 4) is 0 Å². The van der Waals surface area contributed by atoms with Crippen LogP contribution in [0.15, 0.2) is 59.4 Å². The normalized spacial score (nSPS) is 10.9. The standard InChI is InChI=1S/C22H25N3O3/c1-2-3-13-24(14-15-26)22(28)20-18-11-7-8-12-19(18)21(27)25(23-20)16-17-9-5-4-6-10-17/h4-12,26H,2-3,13-16H2,1H3. The molecule has 0 fully saturated rings. The summed E-state index contributed by atoms with van der Waals surface area (Å²) in [4.78, 5) is 27.7. The summed E-state index contributed by atoms with van der Waals surface area (Å²) in [5, 5.41) is 14.8. The first-order valence-electron chi connectivity index (χ1n) is 9.59. The van der Waals surface area contributed by atoms with E-state index in [4.69, 9.17) is 0 Å². The van der Waals surface area contributed by atoms with Gasteiger partial charge in [0.1, 0.15) is 0 Å². The summed E-state index contributed by atoms with van der Waals surface area (Å²) >= 11 is 0. The molecule has 0 atom stereocenters. The fourth-order valence-corrected chi connectivity index (χ4v) is 3.19. The zero-order valence-electron chi connectivity index (χ0n) is 16.0. The van der Waals surface area contributed by atoms with Gasteiger partial charge in [-0.2, -0.15) is 5.10 Å². The summed E-state index contributed by atoms with van der Waals surface area (Å²) in [6, 6.07) is 16.6. The van der Waals surface area contributed by atoms with E-state index in [9.17, 15) is 14.7 Å². The highest BCUT2D eigenvalue weighted by Crippen LogP contribution is 2.16. The summed E-state index contributed by atoms with van der Waals surface area (Å²) in [5.41, 5.74) is 0.956. The van der Waals surface area contributed by atoms with Crippen molar-refractivity contribution < 1.29 is 9.90 Å². The summed E-state index contributed by atoms with van der Waals surface area (Å²) in [6.07, 6.45) is 1.78. The number of amides is 1. The molecule has 3 rings (SSSR count). The molecule has 1 amide bonds. The first-order chi connectivity index (χ1) is 13.7. The lowest BCUT2D eigenvalue weighted by molar-refractivity contribution is 0.0713. The van der Waals surface area contributed by atoms with E-state index >= 15 is 0 Å². The van der Waals surface area contributed by atoms with E-state index < -0.39 is 0 Å². The topological polar surface area (TPSA) is 75.4 Å². The molecular formula is C22H25N3O3. The smallest absolute Gasteiger partial charge is 0.275 e. The van der Waals surface area contributed by atoms with Crippen molar-refractivity contribution in [2.45, 2.75) is 26.3 Å². The predicted molar refractivity (Wildman–Crippen MR) is 109 cm³/mol. The van der Waals surface area contributed by atoms with Gasteiger partial charge in [0, 0.05) is 18.5 Å². The van der Waals surface area contributed by atoms with Crippen LogP contribution in [0.4, 0.5) is 0 Å². The largest absolute Gasteiger partial charge is 0.395 e. The molecule has 0 aliphatic rings. The Kier molecular flexibility index (Phi) is 6.55. The van der Waals surface area contributed by atoms with Gasteiger partial charge in [-0.1, -0.05) is 61.9 Å². The van der Waals surface area contributed by atoms with Gasteiger partial charge >= 0.3 is 0 Å². The third kappa shape index (κ3) is 4.28. The zero-order chi connectivity index (χ0) is 19.9. The SMILES string of the molecule is CCCCN(CCO)C(=O)c1nn(Cc2ccccc2)c(=O)c2ccccc12. The number of fused-ring (bicyclic) bond motifs is 1. The van der Waals surface area contributed by atoms with Crippen LogP contribution in [0.5, 0.6) is 0 Å². The molecule has 1 heterocycles. The minimum atomic E-state index is -0.263. The maximum absolute atomic E-state index is 13.2. The van der Waals surface area contributed by atoms with E-state index in [0.717, 1.165) is 18.4 Å². The molecule has 0 radical (unpaired) electrons. The van der Waals surface area contributed by atoms with E-state index in [1.165, 1.54) is 4.68 Å². The van der Waals surface area contributed by atoms with E-state index in [1.807, 2.05) is 30.3 Å². The van der Waals surface area contributed by atoms with Crippen LogP contribution in [-0.2, 0) is 6.54 Å². The number of carbonyl (C=O) groups excluding carboxylic acids is 1. The van der Waals surface area contributed by atoms with Gasteiger partial charge in [0.2, 0.25) is 0 Å². The molecule has 1 aromatic heterocycles. The molecule has 0 saturated carbocycles. The number of hydrogen-bond donors (Lipinski definition) is 1. The first kappa shape index (κ1) is 19.8. The van der Waals surface area contributed by atoms with E-state index in [1.54, 1.807) is 29.2 Å². The van der Waals surface area contributed by atoms with Crippen LogP contribution in [0.3, 0.4) is 0 Å². The van der Waals surface area contributed by atoms with Gasteiger partial charge in [0.15, 0.2) is 5.69 Å². The number of carbonyl (C=O) groups is 1. The highest BCUT2D eigenvalue weighted by molar-refractivity contribution is 6.04. The highest BCUT2D eigenvalue weighted by atomic mass is 16.3. The zero-order valence-corrected chi connectivity index (χ0v) is 16.0. The number of aliphatic hydroxyl groups excluding tert-OH is 1. The number of nitrogens with zero attached hydrogens (tertiary/aromatic N) is 3. The number of hydrogen-bond acceptors (Lipinski definition) is 4. The van der Waals surface area contributed by atoms with Gasteiger partial charge < -0.3 is 10.0 Å². The van der Waals surface area contributed by atoms with Crippen molar-refractivity contribution in [3.63, 3.8) is 0 Å². The average molecular weight is 379 g/mol. The van der Waals surface area contributed by atoms with Crippen LogP contribution < -0.4 is 5.56 Å². The summed E-state index contributed by atoms with van der Waals surface area (Å²) in [6.45, 7) is 3.02. The minimum absolute atomic E-state index is 0.114. The third-order valence-corrected chi connectivity index (χ3v) is 4.68. The van der Waals surface area contributed by atoms with Crippen molar-refractivity contribution in [1.82, 2.24) is 14.7 Å². The quantitative estimate of drug-likeness (QED) is 0.653. The number of benzene rings is 2. The van der Waals surface area contributed by atoms with Gasteiger partial charge in [-0.05, 0) is 18.1 Å². The van der Waals surface area contributed by atoms with Crippen LogP contribution in [0.1, 0.15) is 35.8 Å². The Bertz CT molecular complexity index is 999. The van der Waals surface area contributed by atoms with Gasteiger partial charge in [0.05, 0.1) is 18.5 Å². The predicted octanol–water partition coefficient (Wildman–Crippen LogP) is 2.68. The second-order valence-electron chi connectivity index (χ2n) is 6.71. The van der Waals surface area contributed by atoms with Crippen molar-refractivity contribution in [1.29, 1.82) is 0 Å². The summed E-state index contributed by atoms with van der Waals surface area (Å²) in [5.74, 6) is -0.263. The number of aliphatic hydroxyl groups is 1. The van der Waals surface area contributed by atoms with Crippen molar-refractivity contribution in [2.75, 3.05) is 19.7 Å². The maximum atomic E-state index is 13.2. The maximum Gasteiger partial charge on any atom is 0.275 e. The molecule has 0 aliphatic heterocycles. The Balaban J connectivity index is 2.08. The van der Waals surface area contributed by atoms with Gasteiger partial charge in [-0.25, -0.2) is 4.68 Å². The third-order valence-electron chi connectivity index (χ3n) is 4.68. The Morgan fingerprint density at radius 1 is 1.04 bits per heavy atom. The van der Waals surface area contributed by atoms with Crippen LogP contribution in [0.25, 0.3) is 10.8 Å². The molecule has 146 valence electrons. The van der Waals surface area contributed by atoms with Crippen molar-refractivity contribution >= 4 is 16.7 Å². The Labute approximate surface area is 164 Å². The van der Waals surface area contributed by atoms with Crippen molar-refractivity contribution in [2.24, 2.45) is 0 Å². The number of rotatable bonds is 8. The molecule has 0 saturated heterocycles. The molecule has 0 aliphatic carbocycles. The molecule has 1 N–H and O–H groups in total. The Hall–Kier alpha value is -2.99. The molecule has 3 aromatic rings. The summed E-state index contributed by atoms with van der Waals surface area (Å²) < 4.78 is 1.35. The fourth-order valence-electron chi connectivity index (χ4n) is 3.19. The number of unbranched alkanes of at least 4 members (excludes halogenated alkanes) is 1. The molecule has 6 heteroatoms. The Morgan fingerprint density at radius 2 is 1.71 bits per heavy atom. The monoisotopic (exact) mass is 379 g/mol. The van der Waals surface area contributed by atoms with Crippen molar-refractivity contribution in [3.05, 3.63) is 76.2 Å². The molecule has 28 heavy (non-hydrogen) atoms. The van der Waals surface area contributed by atoms with E-state index in [2.05, 4.69) is 12.0 Å². The minimum Gasteiger partial charge on any atom is -0.395 e. The second kappa shape index (κ2) is 9.28. The second-order valence-corrected chi connectivity index (χ2v) is 6.71. The van der Waals surface area contributed by atoms with Crippen LogP contribution in [0, 0.1) is 0 Å². The van der Waals surface area contributed by atoms with E-state index in [-0.39, 0.29) is 30.3 Å². The van der Waals surface area contributed by atoms with Gasteiger partial charge in [-0.15, -0.1) is 0 Å². The fraction of sp³-hybridized carbons (Fsp3) is 0.318. The Morgan fingerprint density at radius 3 is 2.39 bits per heavy atom. The molecule has 2 aromatic carbocycles. The molecule has 0 bridgehead atoms. The lowest BCUT2D eigenvalue weighted by atomic mass is 10.1. The lowest BCUT2D eigenvalue weighted by Crippen LogP contribution is -2.37. The number of aromatic nitrogens is 2. The van der Waals surface area contributed by atoms with Crippen LogP contribution in [0.2, 0.25) is 0 Å². The first-order valence-corrected chi connectivity index (χ1v) is 9.59. The molecule has 6 nitrogen and oxygen atoms in total.